The monoisotopic (exact) mass is 355 g/mol. The molecule has 0 saturated carbocycles. The molecule has 0 bridgehead atoms. The van der Waals surface area contributed by atoms with Crippen LogP contribution in [0.5, 0.6) is 11.5 Å². The summed E-state index contributed by atoms with van der Waals surface area (Å²) >= 11 is 0. The molecule has 0 saturated heterocycles. The zero-order valence-electron chi connectivity index (χ0n) is 15.5. The average Bonchev–Trinajstić information content (AvgIpc) is 2.65. The normalized spacial score (nSPS) is 11.5. The molecule has 2 aromatic carbocycles. The first-order valence-electron chi connectivity index (χ1n) is 8.63. The SMILES string of the molecule is COc1ccc(CNC(=O)C(C)Oc2ccc(CCC(C)=O)cc2)cc1. The lowest BCUT2D eigenvalue weighted by Gasteiger charge is -2.15. The second-order valence-corrected chi connectivity index (χ2v) is 6.17. The number of benzene rings is 2. The summed E-state index contributed by atoms with van der Waals surface area (Å²) in [6.07, 6.45) is 0.647. The summed E-state index contributed by atoms with van der Waals surface area (Å²) in [5, 5.41) is 2.86. The maximum absolute atomic E-state index is 12.2. The highest BCUT2D eigenvalue weighted by atomic mass is 16.5. The van der Waals surface area contributed by atoms with Crippen LogP contribution in [0.2, 0.25) is 0 Å². The van der Waals surface area contributed by atoms with Crippen LogP contribution in [0.15, 0.2) is 48.5 Å². The number of carbonyl (C=O) groups excluding carboxylic acids is 2. The van der Waals surface area contributed by atoms with E-state index >= 15 is 0 Å². The van der Waals surface area contributed by atoms with Gasteiger partial charge in [-0.25, -0.2) is 0 Å². The van der Waals surface area contributed by atoms with Crippen molar-refractivity contribution in [3.05, 3.63) is 59.7 Å². The molecule has 1 unspecified atom stereocenters. The third-order valence-electron chi connectivity index (χ3n) is 4.00. The minimum Gasteiger partial charge on any atom is -0.497 e. The van der Waals surface area contributed by atoms with Crippen LogP contribution in [0.25, 0.3) is 0 Å². The molecule has 0 fully saturated rings. The van der Waals surface area contributed by atoms with Crippen molar-refractivity contribution in [3.8, 4) is 11.5 Å². The van der Waals surface area contributed by atoms with E-state index in [-0.39, 0.29) is 11.7 Å². The predicted octanol–water partition coefficient (Wildman–Crippen LogP) is 3.30. The predicted molar refractivity (Wildman–Crippen MR) is 100 cm³/mol. The third kappa shape index (κ3) is 6.24. The van der Waals surface area contributed by atoms with Gasteiger partial charge < -0.3 is 19.6 Å². The molecule has 26 heavy (non-hydrogen) atoms. The molecule has 5 heteroatoms. The van der Waals surface area contributed by atoms with Crippen LogP contribution in [0.1, 0.15) is 31.4 Å². The van der Waals surface area contributed by atoms with E-state index in [2.05, 4.69) is 5.32 Å². The molecule has 2 rings (SSSR count). The Morgan fingerprint density at radius 2 is 1.54 bits per heavy atom. The van der Waals surface area contributed by atoms with Crippen molar-refractivity contribution in [2.75, 3.05) is 7.11 Å². The molecule has 2 aromatic rings. The molecular weight excluding hydrogens is 330 g/mol. The van der Waals surface area contributed by atoms with Gasteiger partial charge in [-0.05, 0) is 55.7 Å². The summed E-state index contributed by atoms with van der Waals surface area (Å²) in [6, 6.07) is 15.0. The second-order valence-electron chi connectivity index (χ2n) is 6.17. The Kier molecular flexibility index (Phi) is 7.21. The molecule has 0 aliphatic heterocycles. The highest BCUT2D eigenvalue weighted by molar-refractivity contribution is 5.80. The van der Waals surface area contributed by atoms with Crippen LogP contribution in [-0.4, -0.2) is 24.9 Å². The largest absolute Gasteiger partial charge is 0.497 e. The van der Waals surface area contributed by atoms with Crippen LogP contribution in [0, 0.1) is 0 Å². The van der Waals surface area contributed by atoms with Gasteiger partial charge in [0.05, 0.1) is 7.11 Å². The molecule has 5 nitrogen and oxygen atoms in total. The van der Waals surface area contributed by atoms with Crippen molar-refractivity contribution in [1.29, 1.82) is 0 Å². The molecule has 0 aromatic heterocycles. The Bertz CT molecular complexity index is 723. The number of aryl methyl sites for hydroxylation is 1. The Labute approximate surface area is 154 Å². The van der Waals surface area contributed by atoms with Crippen molar-refractivity contribution in [2.45, 2.75) is 39.3 Å². The highest BCUT2D eigenvalue weighted by Crippen LogP contribution is 2.15. The quantitative estimate of drug-likeness (QED) is 0.750. The van der Waals surface area contributed by atoms with E-state index in [1.165, 1.54) is 0 Å². The summed E-state index contributed by atoms with van der Waals surface area (Å²) in [7, 11) is 1.62. The zero-order chi connectivity index (χ0) is 18.9. The van der Waals surface area contributed by atoms with Crippen LogP contribution in [0.4, 0.5) is 0 Å². The van der Waals surface area contributed by atoms with Gasteiger partial charge in [-0.2, -0.15) is 0 Å². The minimum absolute atomic E-state index is 0.174. The number of hydrogen-bond donors (Lipinski definition) is 1. The van der Waals surface area contributed by atoms with Crippen molar-refractivity contribution >= 4 is 11.7 Å². The van der Waals surface area contributed by atoms with Crippen molar-refractivity contribution in [1.82, 2.24) is 5.32 Å². The maximum atomic E-state index is 12.2. The maximum Gasteiger partial charge on any atom is 0.261 e. The van der Waals surface area contributed by atoms with Gasteiger partial charge in [-0.3, -0.25) is 4.79 Å². The number of ketones is 1. The Balaban J connectivity index is 1.81. The molecule has 1 amide bonds. The molecule has 0 radical (unpaired) electrons. The molecule has 0 spiro atoms. The van der Waals surface area contributed by atoms with Gasteiger partial charge in [0.25, 0.3) is 5.91 Å². The molecule has 0 aliphatic rings. The molecule has 0 heterocycles. The smallest absolute Gasteiger partial charge is 0.261 e. The van der Waals surface area contributed by atoms with Crippen LogP contribution in [0.3, 0.4) is 0 Å². The van der Waals surface area contributed by atoms with Crippen LogP contribution >= 0.6 is 0 Å². The highest BCUT2D eigenvalue weighted by Gasteiger charge is 2.14. The fourth-order valence-electron chi connectivity index (χ4n) is 2.39. The fourth-order valence-corrected chi connectivity index (χ4v) is 2.39. The number of carbonyl (C=O) groups is 2. The average molecular weight is 355 g/mol. The van der Waals surface area contributed by atoms with Crippen molar-refractivity contribution < 1.29 is 19.1 Å². The Morgan fingerprint density at radius 1 is 0.962 bits per heavy atom. The van der Waals surface area contributed by atoms with Crippen molar-refractivity contribution in [3.63, 3.8) is 0 Å². The standard InChI is InChI=1S/C21H25NO4/c1-15(23)4-5-17-6-12-20(13-7-17)26-16(2)21(24)22-14-18-8-10-19(25-3)11-9-18/h6-13,16H,4-5,14H2,1-3H3,(H,22,24). The number of nitrogens with one attached hydrogen (secondary N) is 1. The number of hydrogen-bond acceptors (Lipinski definition) is 4. The topological polar surface area (TPSA) is 64.6 Å². The first-order chi connectivity index (χ1) is 12.5. The lowest BCUT2D eigenvalue weighted by Crippen LogP contribution is -2.35. The van der Waals surface area contributed by atoms with Gasteiger partial charge >= 0.3 is 0 Å². The van der Waals surface area contributed by atoms with Crippen molar-refractivity contribution in [2.24, 2.45) is 0 Å². The summed E-state index contributed by atoms with van der Waals surface area (Å²) in [5.74, 6) is 1.40. The number of methoxy groups -OCH3 is 1. The van der Waals surface area contributed by atoms with E-state index in [9.17, 15) is 9.59 Å². The van der Waals surface area contributed by atoms with Gasteiger partial charge in [0.15, 0.2) is 6.10 Å². The van der Waals surface area contributed by atoms with Crippen LogP contribution in [-0.2, 0) is 22.6 Å². The summed E-state index contributed by atoms with van der Waals surface area (Å²) in [6.45, 7) is 3.73. The summed E-state index contributed by atoms with van der Waals surface area (Å²) in [5.41, 5.74) is 2.06. The second kappa shape index (κ2) is 9.61. The van der Waals surface area contributed by atoms with E-state index in [1.807, 2.05) is 48.5 Å². The molecule has 138 valence electrons. The zero-order valence-corrected chi connectivity index (χ0v) is 15.5. The number of amides is 1. The third-order valence-corrected chi connectivity index (χ3v) is 4.00. The molecular formula is C21H25NO4. The fraction of sp³-hybridized carbons (Fsp3) is 0.333. The minimum atomic E-state index is -0.601. The van der Waals surface area contributed by atoms with E-state index in [0.29, 0.717) is 25.1 Å². The number of rotatable bonds is 9. The van der Waals surface area contributed by atoms with E-state index in [0.717, 1.165) is 16.9 Å². The summed E-state index contributed by atoms with van der Waals surface area (Å²) in [4.78, 5) is 23.2. The van der Waals surface area contributed by atoms with E-state index < -0.39 is 6.10 Å². The molecule has 1 atom stereocenters. The van der Waals surface area contributed by atoms with Gasteiger partial charge in [0.1, 0.15) is 17.3 Å². The Morgan fingerprint density at radius 3 is 2.12 bits per heavy atom. The van der Waals surface area contributed by atoms with Gasteiger partial charge in [-0.15, -0.1) is 0 Å². The molecule has 1 N–H and O–H groups in total. The van der Waals surface area contributed by atoms with E-state index in [1.54, 1.807) is 21.0 Å². The van der Waals surface area contributed by atoms with E-state index in [4.69, 9.17) is 9.47 Å². The lowest BCUT2D eigenvalue weighted by atomic mass is 10.1. The number of ether oxygens (including phenoxy) is 2. The molecule has 0 aliphatic carbocycles. The van der Waals surface area contributed by atoms with Gasteiger partial charge in [-0.1, -0.05) is 24.3 Å². The van der Waals surface area contributed by atoms with Gasteiger partial charge in [0, 0.05) is 13.0 Å². The van der Waals surface area contributed by atoms with Crippen LogP contribution < -0.4 is 14.8 Å². The Hall–Kier alpha value is -2.82. The first-order valence-corrected chi connectivity index (χ1v) is 8.63. The lowest BCUT2D eigenvalue weighted by molar-refractivity contribution is -0.127. The summed E-state index contributed by atoms with van der Waals surface area (Å²) < 4.78 is 10.8. The first kappa shape index (κ1) is 19.5. The number of Topliss-reactive ketones (excluding diaryl/α,β-unsaturated/α-hetero) is 1. The van der Waals surface area contributed by atoms with Gasteiger partial charge in [0.2, 0.25) is 0 Å².